The van der Waals surface area contributed by atoms with Crippen LogP contribution in [0.2, 0.25) is 0 Å². The number of nitrogens with zero attached hydrogens (tertiary/aromatic N) is 4. The number of aromatic nitrogens is 4. The number of anilines is 1. The minimum atomic E-state index is -1.08. The molecule has 7 heteroatoms. The normalized spacial score (nSPS) is 28.3. The monoisotopic (exact) mass is 273 g/mol. The average molecular weight is 273 g/mol. The van der Waals surface area contributed by atoms with Crippen LogP contribution < -0.4 is 5.73 Å². The fourth-order valence-electron chi connectivity index (χ4n) is 3.91. The van der Waals surface area contributed by atoms with Gasteiger partial charge in [0.15, 0.2) is 11.3 Å². The third-order valence-corrected chi connectivity index (χ3v) is 4.85. The van der Waals surface area contributed by atoms with E-state index in [4.69, 9.17) is 5.73 Å². The van der Waals surface area contributed by atoms with Gasteiger partial charge in [0.1, 0.15) is 12.1 Å². The third kappa shape index (κ3) is 1.35. The van der Waals surface area contributed by atoms with Crippen LogP contribution in [0.5, 0.6) is 0 Å². The molecule has 0 atom stereocenters. The van der Waals surface area contributed by atoms with Crippen molar-refractivity contribution < 1.29 is 9.90 Å². The maximum atomic E-state index is 11.4. The van der Waals surface area contributed by atoms with Crippen molar-refractivity contribution in [1.82, 2.24) is 19.7 Å². The average Bonchev–Trinajstić information content (AvgIpc) is 3.11. The molecule has 0 aliphatic heterocycles. The topological polar surface area (TPSA) is 107 Å². The number of carbonyl (C=O) groups is 1. The summed E-state index contributed by atoms with van der Waals surface area (Å²) in [5, 5.41) is 14.0. The number of hydrogen-bond acceptors (Lipinski definition) is 5. The van der Waals surface area contributed by atoms with Crippen LogP contribution in [0.25, 0.3) is 11.0 Å². The van der Waals surface area contributed by atoms with Crippen LogP contribution in [0, 0.1) is 5.92 Å². The molecule has 0 aromatic carbocycles. The number of nitrogens with two attached hydrogens (primary N) is 1. The van der Waals surface area contributed by atoms with Gasteiger partial charge in [-0.25, -0.2) is 19.4 Å². The molecule has 2 aromatic heterocycles. The van der Waals surface area contributed by atoms with Crippen LogP contribution in [0.15, 0.2) is 6.33 Å². The number of nitrogen functional groups attached to an aromatic ring is 1. The standard InChI is InChI=1S/C13H15N5O2/c14-10-8-9(12(19)20)17-18(11(8)16-6-15-10)13-3-1-7(5-13)2-4-13/h6-7H,1-5H2,(H,19,20)(H2,14,15,16). The van der Waals surface area contributed by atoms with Crippen LogP contribution in [0.1, 0.15) is 42.6 Å². The Bertz CT molecular complexity index is 715. The zero-order valence-corrected chi connectivity index (χ0v) is 10.9. The number of fused-ring (bicyclic) bond motifs is 3. The molecule has 2 aliphatic carbocycles. The quantitative estimate of drug-likeness (QED) is 0.856. The minimum absolute atomic E-state index is 0.0391. The minimum Gasteiger partial charge on any atom is -0.476 e. The van der Waals surface area contributed by atoms with Gasteiger partial charge in [-0.2, -0.15) is 5.10 Å². The second-order valence-corrected chi connectivity index (χ2v) is 5.89. The fraction of sp³-hybridized carbons (Fsp3) is 0.538. The summed E-state index contributed by atoms with van der Waals surface area (Å²) in [6.07, 6.45) is 6.88. The summed E-state index contributed by atoms with van der Waals surface area (Å²) in [5.74, 6) is -0.163. The van der Waals surface area contributed by atoms with Gasteiger partial charge in [0, 0.05) is 0 Å². The zero-order chi connectivity index (χ0) is 13.9. The molecule has 0 saturated heterocycles. The van der Waals surface area contributed by atoms with Gasteiger partial charge in [-0.15, -0.1) is 0 Å². The van der Waals surface area contributed by atoms with Crippen molar-refractivity contribution in [3.8, 4) is 0 Å². The van der Waals surface area contributed by atoms with Crippen LogP contribution in [-0.4, -0.2) is 30.8 Å². The number of aromatic carboxylic acids is 1. The van der Waals surface area contributed by atoms with E-state index in [1.165, 1.54) is 19.2 Å². The molecule has 20 heavy (non-hydrogen) atoms. The molecule has 7 nitrogen and oxygen atoms in total. The van der Waals surface area contributed by atoms with E-state index in [0.29, 0.717) is 11.0 Å². The second-order valence-electron chi connectivity index (χ2n) is 5.89. The summed E-state index contributed by atoms with van der Waals surface area (Å²) in [6, 6.07) is 0. The molecule has 2 bridgehead atoms. The first-order valence-corrected chi connectivity index (χ1v) is 6.84. The molecule has 0 radical (unpaired) electrons. The molecule has 2 aliphatic rings. The van der Waals surface area contributed by atoms with Crippen molar-refractivity contribution in [3.63, 3.8) is 0 Å². The molecule has 0 spiro atoms. The molecular weight excluding hydrogens is 258 g/mol. The van der Waals surface area contributed by atoms with Gasteiger partial charge >= 0.3 is 5.97 Å². The van der Waals surface area contributed by atoms with Crippen molar-refractivity contribution in [2.24, 2.45) is 5.92 Å². The van der Waals surface area contributed by atoms with E-state index in [9.17, 15) is 9.90 Å². The molecule has 4 rings (SSSR count). The molecule has 0 amide bonds. The van der Waals surface area contributed by atoms with Crippen molar-refractivity contribution in [2.75, 3.05) is 5.73 Å². The zero-order valence-electron chi connectivity index (χ0n) is 10.9. The van der Waals surface area contributed by atoms with Crippen molar-refractivity contribution in [1.29, 1.82) is 0 Å². The lowest BCUT2D eigenvalue weighted by Gasteiger charge is -2.27. The summed E-state index contributed by atoms with van der Waals surface area (Å²) in [7, 11) is 0. The van der Waals surface area contributed by atoms with E-state index >= 15 is 0 Å². The van der Waals surface area contributed by atoms with Crippen LogP contribution >= 0.6 is 0 Å². The van der Waals surface area contributed by atoms with Gasteiger partial charge < -0.3 is 10.8 Å². The van der Waals surface area contributed by atoms with Crippen LogP contribution in [0.3, 0.4) is 0 Å². The van der Waals surface area contributed by atoms with Gasteiger partial charge in [0.05, 0.1) is 10.9 Å². The lowest BCUT2D eigenvalue weighted by molar-refractivity contribution is 0.0690. The lowest BCUT2D eigenvalue weighted by atomic mass is 9.94. The maximum Gasteiger partial charge on any atom is 0.357 e. The second kappa shape index (κ2) is 3.68. The highest BCUT2D eigenvalue weighted by Crippen LogP contribution is 2.53. The molecule has 2 aromatic rings. The van der Waals surface area contributed by atoms with Gasteiger partial charge in [-0.05, 0) is 38.0 Å². The predicted molar refractivity (Wildman–Crippen MR) is 71.2 cm³/mol. The van der Waals surface area contributed by atoms with Gasteiger partial charge in [0.2, 0.25) is 0 Å². The highest BCUT2D eigenvalue weighted by Gasteiger charge is 2.48. The first-order valence-electron chi connectivity index (χ1n) is 6.84. The Balaban J connectivity index is 2.01. The van der Waals surface area contributed by atoms with E-state index in [2.05, 4.69) is 15.1 Å². The Labute approximate surface area is 114 Å². The Morgan fingerprint density at radius 1 is 1.40 bits per heavy atom. The Morgan fingerprint density at radius 3 is 2.75 bits per heavy atom. The van der Waals surface area contributed by atoms with Gasteiger partial charge in [-0.3, -0.25) is 0 Å². The summed E-state index contributed by atoms with van der Waals surface area (Å²) in [5.41, 5.74) is 6.28. The number of carboxylic acids is 1. The highest BCUT2D eigenvalue weighted by molar-refractivity contribution is 6.04. The SMILES string of the molecule is Nc1ncnc2c1c(C(=O)O)nn2C12CCC(CC1)C2. The van der Waals surface area contributed by atoms with Crippen molar-refractivity contribution >= 4 is 22.8 Å². The van der Waals surface area contributed by atoms with E-state index in [-0.39, 0.29) is 17.1 Å². The van der Waals surface area contributed by atoms with Crippen LogP contribution in [-0.2, 0) is 5.54 Å². The van der Waals surface area contributed by atoms with E-state index in [0.717, 1.165) is 25.2 Å². The van der Waals surface area contributed by atoms with Gasteiger partial charge in [-0.1, -0.05) is 0 Å². The third-order valence-electron chi connectivity index (χ3n) is 4.85. The smallest absolute Gasteiger partial charge is 0.357 e. The molecule has 3 N–H and O–H groups in total. The Hall–Kier alpha value is -2.18. The van der Waals surface area contributed by atoms with Crippen molar-refractivity contribution in [2.45, 2.75) is 37.6 Å². The van der Waals surface area contributed by atoms with E-state index in [1.807, 2.05) is 4.68 Å². The molecular formula is C13H15N5O2. The molecule has 2 saturated carbocycles. The number of hydrogen-bond donors (Lipinski definition) is 2. The van der Waals surface area contributed by atoms with Crippen LogP contribution in [0.4, 0.5) is 5.82 Å². The van der Waals surface area contributed by atoms with Crippen molar-refractivity contribution in [3.05, 3.63) is 12.0 Å². The number of carboxylic acid groups (broad SMARTS) is 1. The largest absolute Gasteiger partial charge is 0.476 e. The molecule has 0 unspecified atom stereocenters. The molecule has 2 fully saturated rings. The Kier molecular flexibility index (Phi) is 2.14. The lowest BCUT2D eigenvalue weighted by Crippen LogP contribution is -2.30. The van der Waals surface area contributed by atoms with E-state index in [1.54, 1.807) is 0 Å². The first-order chi connectivity index (χ1) is 9.61. The predicted octanol–water partition coefficient (Wildman–Crippen LogP) is 1.40. The highest BCUT2D eigenvalue weighted by atomic mass is 16.4. The van der Waals surface area contributed by atoms with E-state index < -0.39 is 5.97 Å². The molecule has 2 heterocycles. The summed E-state index contributed by atoms with van der Waals surface area (Å²) in [4.78, 5) is 19.6. The maximum absolute atomic E-state index is 11.4. The Morgan fingerprint density at radius 2 is 2.15 bits per heavy atom. The number of rotatable bonds is 2. The first kappa shape index (κ1) is 11.6. The summed E-state index contributed by atoms with van der Waals surface area (Å²) < 4.78 is 1.82. The fourth-order valence-corrected chi connectivity index (χ4v) is 3.91. The molecule has 104 valence electrons. The summed E-state index contributed by atoms with van der Waals surface area (Å²) in [6.45, 7) is 0. The van der Waals surface area contributed by atoms with Gasteiger partial charge in [0.25, 0.3) is 0 Å². The summed E-state index contributed by atoms with van der Waals surface area (Å²) >= 11 is 0.